The second-order valence-electron chi connectivity index (χ2n) is 6.65. The monoisotopic (exact) mass is 350 g/mol. The van der Waals surface area contributed by atoms with Crippen LogP contribution in [0.25, 0.3) is 11.0 Å². The molecule has 3 aromatic rings. The Hall–Kier alpha value is -2.96. The summed E-state index contributed by atoms with van der Waals surface area (Å²) in [6.45, 7) is 1.90. The fourth-order valence-corrected chi connectivity index (χ4v) is 3.28. The van der Waals surface area contributed by atoms with Crippen molar-refractivity contribution in [3.63, 3.8) is 0 Å². The zero-order valence-corrected chi connectivity index (χ0v) is 14.9. The van der Waals surface area contributed by atoms with Gasteiger partial charge in [-0.25, -0.2) is 9.97 Å². The van der Waals surface area contributed by atoms with E-state index in [0.717, 1.165) is 48.3 Å². The maximum atomic E-state index is 12.5. The van der Waals surface area contributed by atoms with E-state index in [-0.39, 0.29) is 5.91 Å². The number of fused-ring (bicyclic) bond motifs is 1. The smallest absolute Gasteiger partial charge is 0.225 e. The summed E-state index contributed by atoms with van der Waals surface area (Å²) in [5, 5.41) is 7.11. The molecule has 1 fully saturated rings. The molecule has 1 aliphatic rings. The van der Waals surface area contributed by atoms with Gasteiger partial charge in [0.15, 0.2) is 11.6 Å². The Morgan fingerprint density at radius 3 is 2.58 bits per heavy atom. The van der Waals surface area contributed by atoms with Gasteiger partial charge in [-0.2, -0.15) is 5.10 Å². The molecule has 2 aromatic heterocycles. The lowest BCUT2D eigenvalue weighted by atomic mass is 10.2. The molecule has 0 unspecified atom stereocenters. The summed E-state index contributed by atoms with van der Waals surface area (Å²) in [6.07, 6.45) is 7.04. The summed E-state index contributed by atoms with van der Waals surface area (Å²) in [4.78, 5) is 24.1. The molecule has 1 aliphatic heterocycles. The number of aryl methyl sites for hydroxylation is 2. The van der Waals surface area contributed by atoms with Crippen LogP contribution in [0, 0.1) is 0 Å². The molecule has 1 N–H and O–H groups in total. The van der Waals surface area contributed by atoms with Crippen molar-refractivity contribution >= 4 is 28.6 Å². The molecule has 26 heavy (non-hydrogen) atoms. The number of carbonyl (C=O) groups is 1. The molecular weight excluding hydrogens is 328 g/mol. The highest BCUT2D eigenvalue weighted by atomic mass is 16.1. The van der Waals surface area contributed by atoms with E-state index in [9.17, 15) is 4.79 Å². The van der Waals surface area contributed by atoms with Crippen molar-refractivity contribution in [1.82, 2.24) is 19.7 Å². The third kappa shape index (κ3) is 3.51. The Kier molecular flexibility index (Phi) is 4.51. The first-order chi connectivity index (χ1) is 12.7. The van der Waals surface area contributed by atoms with Crippen molar-refractivity contribution in [3.05, 3.63) is 42.2 Å². The number of hydrogen-bond acceptors (Lipinski definition) is 5. The molecule has 1 saturated heterocycles. The Balaban J connectivity index is 1.55. The number of anilines is 2. The van der Waals surface area contributed by atoms with Crippen LogP contribution in [0.5, 0.6) is 0 Å². The van der Waals surface area contributed by atoms with Crippen LogP contribution in [0.15, 0.2) is 36.7 Å². The Morgan fingerprint density at radius 2 is 1.88 bits per heavy atom. The lowest BCUT2D eigenvalue weighted by molar-refractivity contribution is -0.116. The second-order valence-corrected chi connectivity index (χ2v) is 6.65. The standard InChI is InChI=1S/C19H22N6O/c1-24-13-14(12-20-24)8-9-17(26)23-18-19(25-10-4-5-11-25)22-16-7-3-2-6-15(16)21-18/h2-3,6-7,12-13H,4-5,8-11H2,1H3,(H,21,23,26). The number of nitrogens with zero attached hydrogens (tertiary/aromatic N) is 5. The molecule has 0 radical (unpaired) electrons. The number of para-hydroxylation sites is 2. The van der Waals surface area contributed by atoms with Gasteiger partial charge in [0.1, 0.15) is 0 Å². The summed E-state index contributed by atoms with van der Waals surface area (Å²) in [7, 11) is 1.87. The number of rotatable bonds is 5. The second kappa shape index (κ2) is 7.11. The minimum atomic E-state index is -0.0566. The first kappa shape index (κ1) is 16.5. The van der Waals surface area contributed by atoms with Crippen LogP contribution >= 0.6 is 0 Å². The molecule has 7 heteroatoms. The zero-order chi connectivity index (χ0) is 17.9. The fraction of sp³-hybridized carbons (Fsp3) is 0.368. The van der Waals surface area contributed by atoms with E-state index in [4.69, 9.17) is 4.98 Å². The van der Waals surface area contributed by atoms with E-state index >= 15 is 0 Å². The normalized spacial score (nSPS) is 14.1. The van der Waals surface area contributed by atoms with Crippen molar-refractivity contribution in [2.75, 3.05) is 23.3 Å². The van der Waals surface area contributed by atoms with Gasteiger partial charge in [0.25, 0.3) is 0 Å². The molecule has 7 nitrogen and oxygen atoms in total. The first-order valence-electron chi connectivity index (χ1n) is 8.98. The minimum Gasteiger partial charge on any atom is -0.354 e. The van der Waals surface area contributed by atoms with Crippen molar-refractivity contribution in [2.45, 2.75) is 25.7 Å². The zero-order valence-electron chi connectivity index (χ0n) is 14.9. The lowest BCUT2D eigenvalue weighted by Crippen LogP contribution is -2.23. The van der Waals surface area contributed by atoms with Gasteiger partial charge in [0.2, 0.25) is 5.91 Å². The Bertz CT molecular complexity index is 929. The maximum Gasteiger partial charge on any atom is 0.225 e. The number of benzene rings is 1. The summed E-state index contributed by atoms with van der Waals surface area (Å²) in [5.41, 5.74) is 2.69. The number of hydrogen-bond donors (Lipinski definition) is 1. The minimum absolute atomic E-state index is 0.0566. The van der Waals surface area contributed by atoms with Gasteiger partial charge >= 0.3 is 0 Å². The predicted octanol–water partition coefficient (Wildman–Crippen LogP) is 2.53. The van der Waals surface area contributed by atoms with Gasteiger partial charge in [-0.3, -0.25) is 9.48 Å². The molecule has 1 aromatic carbocycles. The van der Waals surface area contributed by atoms with Crippen LogP contribution in [0.2, 0.25) is 0 Å². The number of nitrogens with one attached hydrogen (secondary N) is 1. The van der Waals surface area contributed by atoms with Gasteiger partial charge in [-0.05, 0) is 37.0 Å². The average Bonchev–Trinajstić information content (AvgIpc) is 3.31. The summed E-state index contributed by atoms with van der Waals surface area (Å²) in [5.74, 6) is 1.27. The van der Waals surface area contributed by atoms with Crippen LogP contribution in [0.4, 0.5) is 11.6 Å². The van der Waals surface area contributed by atoms with Crippen molar-refractivity contribution in [2.24, 2.45) is 7.05 Å². The van der Waals surface area contributed by atoms with Crippen LogP contribution in [-0.2, 0) is 18.3 Å². The fourth-order valence-electron chi connectivity index (χ4n) is 3.28. The highest BCUT2D eigenvalue weighted by Gasteiger charge is 2.20. The SMILES string of the molecule is Cn1cc(CCC(=O)Nc2nc3ccccc3nc2N2CCCC2)cn1. The molecular formula is C19H22N6O. The van der Waals surface area contributed by atoms with E-state index in [2.05, 4.69) is 20.3 Å². The quantitative estimate of drug-likeness (QED) is 0.765. The molecule has 4 rings (SSSR count). The first-order valence-corrected chi connectivity index (χ1v) is 8.98. The van der Waals surface area contributed by atoms with Gasteiger partial charge in [-0.1, -0.05) is 12.1 Å². The van der Waals surface area contributed by atoms with Crippen LogP contribution < -0.4 is 10.2 Å². The van der Waals surface area contributed by atoms with E-state index in [0.29, 0.717) is 18.7 Å². The van der Waals surface area contributed by atoms with Crippen molar-refractivity contribution in [1.29, 1.82) is 0 Å². The predicted molar refractivity (Wildman–Crippen MR) is 101 cm³/mol. The third-order valence-corrected chi connectivity index (χ3v) is 4.61. The van der Waals surface area contributed by atoms with E-state index in [1.54, 1.807) is 10.9 Å². The van der Waals surface area contributed by atoms with E-state index in [1.165, 1.54) is 0 Å². The van der Waals surface area contributed by atoms with Gasteiger partial charge < -0.3 is 10.2 Å². The van der Waals surface area contributed by atoms with Crippen molar-refractivity contribution in [3.8, 4) is 0 Å². The molecule has 0 spiro atoms. The van der Waals surface area contributed by atoms with Crippen LogP contribution in [0.1, 0.15) is 24.8 Å². The van der Waals surface area contributed by atoms with E-state index in [1.807, 2.05) is 37.5 Å². The number of amides is 1. The number of carbonyl (C=O) groups excluding carboxylic acids is 1. The average molecular weight is 350 g/mol. The molecule has 0 bridgehead atoms. The van der Waals surface area contributed by atoms with Crippen LogP contribution in [0.3, 0.4) is 0 Å². The lowest BCUT2D eigenvalue weighted by Gasteiger charge is -2.20. The Labute approximate surface area is 152 Å². The third-order valence-electron chi connectivity index (χ3n) is 4.61. The molecule has 1 amide bonds. The molecule has 0 aliphatic carbocycles. The van der Waals surface area contributed by atoms with Crippen molar-refractivity contribution < 1.29 is 4.79 Å². The summed E-state index contributed by atoms with van der Waals surface area (Å²) in [6, 6.07) is 7.76. The summed E-state index contributed by atoms with van der Waals surface area (Å²) < 4.78 is 1.74. The maximum absolute atomic E-state index is 12.5. The highest BCUT2D eigenvalue weighted by Crippen LogP contribution is 2.28. The van der Waals surface area contributed by atoms with Gasteiger partial charge in [0.05, 0.1) is 17.2 Å². The largest absolute Gasteiger partial charge is 0.354 e. The Morgan fingerprint density at radius 1 is 1.15 bits per heavy atom. The van der Waals surface area contributed by atoms with Crippen LogP contribution in [-0.4, -0.2) is 38.7 Å². The molecule has 134 valence electrons. The highest BCUT2D eigenvalue weighted by molar-refractivity contribution is 5.94. The molecule has 3 heterocycles. The molecule has 0 saturated carbocycles. The van der Waals surface area contributed by atoms with E-state index < -0.39 is 0 Å². The molecule has 0 atom stereocenters. The van der Waals surface area contributed by atoms with Gasteiger partial charge in [0, 0.05) is 32.8 Å². The topological polar surface area (TPSA) is 75.9 Å². The summed E-state index contributed by atoms with van der Waals surface area (Å²) >= 11 is 0. The van der Waals surface area contributed by atoms with Gasteiger partial charge in [-0.15, -0.1) is 0 Å². The number of aromatic nitrogens is 4.